The number of aromatic amines is 1. The molecule has 4 rings (SSSR count). The average Bonchev–Trinajstić information content (AvgIpc) is 2.96. The van der Waals surface area contributed by atoms with Gasteiger partial charge in [0.2, 0.25) is 17.9 Å². The van der Waals surface area contributed by atoms with Gasteiger partial charge >= 0.3 is 0 Å². The highest BCUT2D eigenvalue weighted by atomic mass is 16.6. The summed E-state index contributed by atoms with van der Waals surface area (Å²) in [5.74, 6) is -7.52. The molecule has 0 bridgehead atoms. The van der Waals surface area contributed by atoms with Crippen molar-refractivity contribution in [2.75, 3.05) is 12.4 Å². The fourth-order valence-corrected chi connectivity index (χ4v) is 3.96. The number of benzene rings is 3. The molecule has 12 heteroatoms. The van der Waals surface area contributed by atoms with Crippen LogP contribution in [-0.2, 0) is 19.1 Å². The van der Waals surface area contributed by atoms with Crippen LogP contribution in [0.2, 0.25) is 0 Å². The van der Waals surface area contributed by atoms with Gasteiger partial charge in [-0.15, -0.1) is 0 Å². The van der Waals surface area contributed by atoms with E-state index in [4.69, 9.17) is 5.73 Å². The number of nitrogens with zero attached hydrogens (tertiary/aromatic N) is 1. The molecule has 0 aliphatic carbocycles. The molecular formula is C28H22N4O8. The van der Waals surface area contributed by atoms with Crippen LogP contribution in [0.4, 0.5) is 5.69 Å². The number of ether oxygens (including phenoxy) is 1. The quantitative estimate of drug-likeness (QED) is 0.0980. The number of carbonyl (C=O) groups excluding carboxylic acids is 5. The van der Waals surface area contributed by atoms with Crippen LogP contribution in [0, 0.1) is 0 Å². The third-order valence-electron chi connectivity index (χ3n) is 5.97. The zero-order valence-electron chi connectivity index (χ0n) is 20.9. The molecule has 2 unspecified atom stereocenters. The lowest BCUT2D eigenvalue weighted by Gasteiger charge is -2.17. The lowest BCUT2D eigenvalue weighted by molar-refractivity contribution is -0.155. The molecule has 5 N–H and O–H groups in total. The summed E-state index contributed by atoms with van der Waals surface area (Å²) in [5, 5.41) is 12.2. The number of hydrogen-bond donors (Lipinski definition) is 4. The number of aromatic nitrogens is 2. The minimum Gasteiger partial charge on any atom is -0.366 e. The number of H-pyrrole nitrogens is 1. The Kier molecular flexibility index (Phi) is 8.03. The van der Waals surface area contributed by atoms with E-state index >= 15 is 0 Å². The molecule has 40 heavy (non-hydrogen) atoms. The number of fused-ring (bicyclic) bond motifs is 1. The number of para-hydroxylation sites is 1. The molecule has 12 nitrogen and oxygen atoms in total. The van der Waals surface area contributed by atoms with Crippen molar-refractivity contribution in [1.82, 2.24) is 9.97 Å². The molecule has 0 fully saturated rings. The maximum Gasteiger partial charge on any atom is 0.292 e. The Morgan fingerprint density at radius 2 is 1.62 bits per heavy atom. The third kappa shape index (κ3) is 5.57. The molecule has 3 aromatic carbocycles. The number of primary amides is 1. The van der Waals surface area contributed by atoms with E-state index in [9.17, 15) is 33.9 Å². The first kappa shape index (κ1) is 27.7. The minimum absolute atomic E-state index is 0.0937. The van der Waals surface area contributed by atoms with Crippen molar-refractivity contribution >= 4 is 45.9 Å². The smallest absolute Gasteiger partial charge is 0.292 e. The van der Waals surface area contributed by atoms with Gasteiger partial charge < -0.3 is 25.9 Å². The lowest BCUT2D eigenvalue weighted by Crippen LogP contribution is -2.41. The van der Waals surface area contributed by atoms with E-state index in [0.29, 0.717) is 5.56 Å². The standard InChI is InChI=1S/C28H22N4O8/c1-40-28(39)24(35)20(23(34)27(38)31-17-10-6-5-9-16(17)25(29)36)21-26(37)32-19-13-15(11-12-18(19)30-21)22(33)14-7-3-2-4-8-14/h2-13,20,28,39H,1H3,(H2,29,36)(H,31,38)(H,32,37). The topological polar surface area (TPSA) is 199 Å². The number of hydrogen-bond acceptors (Lipinski definition) is 9. The minimum atomic E-state index is -2.17. The van der Waals surface area contributed by atoms with Crippen LogP contribution >= 0.6 is 0 Å². The van der Waals surface area contributed by atoms with Gasteiger partial charge in [-0.3, -0.25) is 28.8 Å². The highest BCUT2D eigenvalue weighted by molar-refractivity contribution is 6.46. The number of amides is 2. The molecule has 1 aromatic heterocycles. The van der Waals surface area contributed by atoms with Gasteiger partial charge in [0.15, 0.2) is 5.78 Å². The fourth-order valence-electron chi connectivity index (χ4n) is 3.96. The van der Waals surface area contributed by atoms with E-state index < -0.39 is 46.8 Å². The largest absolute Gasteiger partial charge is 0.366 e. The first-order valence-corrected chi connectivity index (χ1v) is 11.7. The van der Waals surface area contributed by atoms with Gasteiger partial charge in [-0.1, -0.05) is 42.5 Å². The van der Waals surface area contributed by atoms with E-state index in [0.717, 1.165) is 7.11 Å². The number of nitrogens with one attached hydrogen (secondary N) is 2. The van der Waals surface area contributed by atoms with Gasteiger partial charge in [0, 0.05) is 18.2 Å². The van der Waals surface area contributed by atoms with Gasteiger partial charge in [0.25, 0.3) is 17.4 Å². The maximum atomic E-state index is 13.2. The van der Waals surface area contributed by atoms with E-state index in [1.165, 1.54) is 42.5 Å². The number of ketones is 3. The Bertz CT molecular complexity index is 1710. The average molecular weight is 543 g/mol. The zero-order valence-corrected chi connectivity index (χ0v) is 20.9. The second-order valence-electron chi connectivity index (χ2n) is 8.53. The monoisotopic (exact) mass is 542 g/mol. The highest BCUT2D eigenvalue weighted by Crippen LogP contribution is 2.22. The number of Topliss-reactive ketones (excluding diaryl/α,β-unsaturated/α-hetero) is 2. The Morgan fingerprint density at radius 3 is 2.30 bits per heavy atom. The molecule has 0 spiro atoms. The summed E-state index contributed by atoms with van der Waals surface area (Å²) in [6.45, 7) is 0. The Morgan fingerprint density at radius 1 is 0.950 bits per heavy atom. The van der Waals surface area contributed by atoms with Crippen molar-refractivity contribution in [3.8, 4) is 0 Å². The summed E-state index contributed by atoms with van der Waals surface area (Å²) < 4.78 is 4.61. The number of anilines is 1. The van der Waals surface area contributed by atoms with Crippen LogP contribution in [0.25, 0.3) is 11.0 Å². The van der Waals surface area contributed by atoms with Crippen molar-refractivity contribution in [3.63, 3.8) is 0 Å². The normalized spacial score (nSPS) is 12.3. The van der Waals surface area contributed by atoms with Crippen molar-refractivity contribution in [1.29, 1.82) is 0 Å². The zero-order chi connectivity index (χ0) is 29.0. The van der Waals surface area contributed by atoms with Gasteiger partial charge in [-0.25, -0.2) is 4.98 Å². The highest BCUT2D eigenvalue weighted by Gasteiger charge is 2.40. The fraction of sp³-hybridized carbons (Fsp3) is 0.107. The second kappa shape index (κ2) is 11.6. The van der Waals surface area contributed by atoms with Crippen LogP contribution < -0.4 is 16.6 Å². The molecule has 0 saturated carbocycles. The first-order valence-electron chi connectivity index (χ1n) is 11.7. The molecule has 202 valence electrons. The number of carbonyl (C=O) groups is 5. The number of rotatable bonds is 10. The summed E-state index contributed by atoms with van der Waals surface area (Å²) in [6, 6.07) is 18.2. The predicted octanol–water partition coefficient (Wildman–Crippen LogP) is 1.08. The summed E-state index contributed by atoms with van der Waals surface area (Å²) >= 11 is 0. The molecule has 0 saturated heterocycles. The summed E-state index contributed by atoms with van der Waals surface area (Å²) in [4.78, 5) is 83.2. The first-order chi connectivity index (χ1) is 19.1. The molecule has 0 aliphatic heterocycles. The molecule has 1 heterocycles. The summed E-state index contributed by atoms with van der Waals surface area (Å²) in [6.07, 6.45) is -2.16. The Balaban J connectivity index is 1.74. The van der Waals surface area contributed by atoms with Crippen LogP contribution in [0.1, 0.15) is 37.9 Å². The second-order valence-corrected chi connectivity index (χ2v) is 8.53. The Hall–Kier alpha value is -5.33. The van der Waals surface area contributed by atoms with E-state index in [-0.39, 0.29) is 33.6 Å². The van der Waals surface area contributed by atoms with Crippen molar-refractivity contribution < 1.29 is 33.8 Å². The van der Waals surface area contributed by atoms with Crippen molar-refractivity contribution in [3.05, 3.63) is 106 Å². The van der Waals surface area contributed by atoms with Gasteiger partial charge in [-0.2, -0.15) is 0 Å². The van der Waals surface area contributed by atoms with Crippen molar-refractivity contribution in [2.45, 2.75) is 12.2 Å². The van der Waals surface area contributed by atoms with Gasteiger partial charge in [0.1, 0.15) is 11.6 Å². The van der Waals surface area contributed by atoms with Crippen LogP contribution in [0.5, 0.6) is 0 Å². The third-order valence-corrected chi connectivity index (χ3v) is 5.97. The predicted molar refractivity (Wildman–Crippen MR) is 142 cm³/mol. The maximum absolute atomic E-state index is 13.2. The van der Waals surface area contributed by atoms with Crippen molar-refractivity contribution in [2.24, 2.45) is 5.73 Å². The van der Waals surface area contributed by atoms with Gasteiger partial charge in [0.05, 0.1) is 22.3 Å². The SMILES string of the molecule is COC(O)C(=O)C(C(=O)C(=O)Nc1ccccc1C(N)=O)c1nc2ccc(C(=O)c3ccccc3)cc2[nH]c1=O. The number of aliphatic hydroxyl groups excluding tert-OH is 1. The molecule has 0 aliphatic rings. The van der Waals surface area contributed by atoms with Gasteiger partial charge in [-0.05, 0) is 30.3 Å². The summed E-state index contributed by atoms with van der Waals surface area (Å²) in [7, 11) is 0.983. The molecule has 0 radical (unpaired) electrons. The van der Waals surface area contributed by atoms with Crippen LogP contribution in [0.15, 0.2) is 77.6 Å². The van der Waals surface area contributed by atoms with Crippen LogP contribution in [-0.4, -0.2) is 57.6 Å². The lowest BCUT2D eigenvalue weighted by atomic mass is 9.93. The summed E-state index contributed by atoms with van der Waals surface area (Å²) in [5.41, 5.74) is 4.27. The molecule has 2 atom stereocenters. The number of methoxy groups -OCH3 is 1. The van der Waals surface area contributed by atoms with E-state index in [2.05, 4.69) is 20.0 Å². The van der Waals surface area contributed by atoms with E-state index in [1.807, 2.05) is 0 Å². The number of aliphatic hydroxyl groups is 1. The Labute approximate surface area is 225 Å². The molecule has 4 aromatic rings. The van der Waals surface area contributed by atoms with Crippen LogP contribution in [0.3, 0.4) is 0 Å². The van der Waals surface area contributed by atoms with E-state index in [1.54, 1.807) is 30.3 Å². The number of nitrogens with two attached hydrogens (primary N) is 1. The molecular weight excluding hydrogens is 520 g/mol. The molecule has 2 amide bonds.